The summed E-state index contributed by atoms with van der Waals surface area (Å²) in [5.41, 5.74) is 7.52. The lowest BCUT2D eigenvalue weighted by atomic mass is 9.90. The van der Waals surface area contributed by atoms with Crippen LogP contribution in [0.2, 0.25) is 0 Å². The van der Waals surface area contributed by atoms with Crippen molar-refractivity contribution in [3.05, 3.63) is 23.7 Å². The lowest BCUT2D eigenvalue weighted by Crippen LogP contribution is -2.31. The molecule has 2 nitrogen and oxygen atoms in total. The standard InChI is InChI=1S/C10H15NO/c1-7-9(3-6-12-7)10(4-5-10)8(2)11/h3,6,8H,4-5,11H2,1-2H3. The lowest BCUT2D eigenvalue weighted by Gasteiger charge is -2.18. The quantitative estimate of drug-likeness (QED) is 0.727. The van der Waals surface area contributed by atoms with Crippen LogP contribution in [0.3, 0.4) is 0 Å². The maximum Gasteiger partial charge on any atom is 0.104 e. The summed E-state index contributed by atoms with van der Waals surface area (Å²) in [5, 5.41) is 0. The summed E-state index contributed by atoms with van der Waals surface area (Å²) >= 11 is 0. The van der Waals surface area contributed by atoms with Crippen molar-refractivity contribution in [1.29, 1.82) is 0 Å². The lowest BCUT2D eigenvalue weighted by molar-refractivity contribution is 0.502. The van der Waals surface area contributed by atoms with Gasteiger partial charge in [-0.3, -0.25) is 0 Å². The minimum Gasteiger partial charge on any atom is -0.469 e. The molecule has 0 saturated heterocycles. The fourth-order valence-electron chi connectivity index (χ4n) is 2.01. The molecule has 0 aliphatic heterocycles. The molecular formula is C10H15NO. The maximum absolute atomic E-state index is 5.95. The van der Waals surface area contributed by atoms with Crippen molar-refractivity contribution >= 4 is 0 Å². The van der Waals surface area contributed by atoms with Gasteiger partial charge >= 0.3 is 0 Å². The number of rotatable bonds is 2. The Morgan fingerprint density at radius 3 is 2.58 bits per heavy atom. The van der Waals surface area contributed by atoms with Gasteiger partial charge in [-0.1, -0.05) is 0 Å². The summed E-state index contributed by atoms with van der Waals surface area (Å²) in [6.45, 7) is 4.09. The maximum atomic E-state index is 5.95. The van der Waals surface area contributed by atoms with Crippen LogP contribution in [0.4, 0.5) is 0 Å². The number of furan rings is 1. The zero-order chi connectivity index (χ0) is 8.77. The van der Waals surface area contributed by atoms with Gasteiger partial charge in [-0.05, 0) is 32.8 Å². The molecule has 1 unspecified atom stereocenters. The van der Waals surface area contributed by atoms with Crippen LogP contribution >= 0.6 is 0 Å². The summed E-state index contributed by atoms with van der Waals surface area (Å²) in [7, 11) is 0. The molecular weight excluding hydrogens is 150 g/mol. The van der Waals surface area contributed by atoms with Crippen molar-refractivity contribution in [2.45, 2.75) is 38.1 Å². The van der Waals surface area contributed by atoms with Gasteiger partial charge in [-0.2, -0.15) is 0 Å². The predicted octanol–water partition coefficient (Wildman–Crippen LogP) is 1.97. The molecule has 2 rings (SSSR count). The highest BCUT2D eigenvalue weighted by molar-refractivity contribution is 5.34. The molecule has 2 N–H and O–H groups in total. The Kier molecular flexibility index (Phi) is 1.55. The third kappa shape index (κ3) is 0.911. The molecule has 66 valence electrons. The van der Waals surface area contributed by atoms with Crippen molar-refractivity contribution in [2.75, 3.05) is 0 Å². The van der Waals surface area contributed by atoms with Crippen LogP contribution in [0.25, 0.3) is 0 Å². The van der Waals surface area contributed by atoms with E-state index in [9.17, 15) is 0 Å². The van der Waals surface area contributed by atoms with Crippen LogP contribution in [-0.2, 0) is 5.41 Å². The van der Waals surface area contributed by atoms with E-state index in [0.717, 1.165) is 5.76 Å². The summed E-state index contributed by atoms with van der Waals surface area (Å²) in [4.78, 5) is 0. The molecule has 1 fully saturated rings. The highest BCUT2D eigenvalue weighted by Gasteiger charge is 2.48. The second kappa shape index (κ2) is 2.36. The van der Waals surface area contributed by atoms with Crippen LogP contribution in [0.1, 0.15) is 31.1 Å². The Balaban J connectivity index is 2.36. The van der Waals surface area contributed by atoms with Gasteiger partial charge < -0.3 is 10.2 Å². The van der Waals surface area contributed by atoms with Crippen LogP contribution < -0.4 is 5.73 Å². The van der Waals surface area contributed by atoms with E-state index in [1.54, 1.807) is 6.26 Å². The average molecular weight is 165 g/mol. The van der Waals surface area contributed by atoms with Crippen molar-refractivity contribution in [2.24, 2.45) is 5.73 Å². The monoisotopic (exact) mass is 165 g/mol. The minimum atomic E-state index is 0.244. The fourth-order valence-corrected chi connectivity index (χ4v) is 2.01. The van der Waals surface area contributed by atoms with Gasteiger partial charge in [-0.25, -0.2) is 0 Å². The molecule has 0 bridgehead atoms. The molecule has 1 aliphatic rings. The van der Waals surface area contributed by atoms with Crippen LogP contribution in [-0.4, -0.2) is 6.04 Å². The van der Waals surface area contributed by atoms with E-state index in [1.807, 2.05) is 6.92 Å². The smallest absolute Gasteiger partial charge is 0.104 e. The predicted molar refractivity (Wildman–Crippen MR) is 48.0 cm³/mol. The Labute approximate surface area is 72.7 Å². The normalized spacial score (nSPS) is 22.2. The Morgan fingerprint density at radius 1 is 1.58 bits per heavy atom. The van der Waals surface area contributed by atoms with Gasteiger partial charge in [0.05, 0.1) is 6.26 Å². The highest BCUT2D eigenvalue weighted by atomic mass is 16.3. The minimum absolute atomic E-state index is 0.244. The number of hydrogen-bond acceptors (Lipinski definition) is 2. The summed E-state index contributed by atoms with van der Waals surface area (Å²) in [6.07, 6.45) is 4.18. The molecule has 1 saturated carbocycles. The molecule has 1 atom stereocenters. The molecule has 1 aromatic heterocycles. The molecule has 0 spiro atoms. The van der Waals surface area contributed by atoms with E-state index in [2.05, 4.69) is 13.0 Å². The SMILES string of the molecule is Cc1occc1C1(C(C)N)CC1. The molecule has 0 amide bonds. The highest BCUT2D eigenvalue weighted by Crippen LogP contribution is 2.51. The summed E-state index contributed by atoms with van der Waals surface area (Å²) < 4.78 is 5.29. The third-order valence-corrected chi connectivity index (χ3v) is 3.06. The van der Waals surface area contributed by atoms with E-state index in [0.29, 0.717) is 0 Å². The van der Waals surface area contributed by atoms with E-state index < -0.39 is 0 Å². The molecule has 0 aromatic carbocycles. The summed E-state index contributed by atoms with van der Waals surface area (Å²) in [6, 6.07) is 2.31. The zero-order valence-corrected chi connectivity index (χ0v) is 7.63. The molecule has 1 heterocycles. The first-order chi connectivity index (χ1) is 5.67. The second-order valence-corrected chi connectivity index (χ2v) is 3.84. The van der Waals surface area contributed by atoms with Gasteiger partial charge in [0, 0.05) is 17.0 Å². The molecule has 1 aromatic rings. The Bertz CT molecular complexity index is 284. The van der Waals surface area contributed by atoms with Crippen molar-refractivity contribution in [3.8, 4) is 0 Å². The largest absolute Gasteiger partial charge is 0.469 e. The van der Waals surface area contributed by atoms with Gasteiger partial charge in [0.2, 0.25) is 0 Å². The second-order valence-electron chi connectivity index (χ2n) is 3.84. The first-order valence-electron chi connectivity index (χ1n) is 4.47. The topological polar surface area (TPSA) is 39.2 Å². The van der Waals surface area contributed by atoms with Crippen molar-refractivity contribution in [3.63, 3.8) is 0 Å². The summed E-state index contributed by atoms with van der Waals surface area (Å²) in [5.74, 6) is 1.03. The molecule has 0 radical (unpaired) electrons. The first-order valence-corrected chi connectivity index (χ1v) is 4.47. The Hall–Kier alpha value is -0.760. The molecule has 1 aliphatic carbocycles. The first kappa shape index (κ1) is 7.87. The van der Waals surface area contributed by atoms with Crippen molar-refractivity contribution in [1.82, 2.24) is 0 Å². The van der Waals surface area contributed by atoms with E-state index in [1.165, 1.54) is 18.4 Å². The molecule has 2 heteroatoms. The molecule has 12 heavy (non-hydrogen) atoms. The van der Waals surface area contributed by atoms with Crippen LogP contribution in [0, 0.1) is 6.92 Å². The number of hydrogen-bond donors (Lipinski definition) is 1. The fraction of sp³-hybridized carbons (Fsp3) is 0.600. The van der Waals surface area contributed by atoms with Gasteiger partial charge in [0.1, 0.15) is 5.76 Å². The van der Waals surface area contributed by atoms with Crippen molar-refractivity contribution < 1.29 is 4.42 Å². The van der Waals surface area contributed by atoms with Gasteiger partial charge in [-0.15, -0.1) is 0 Å². The van der Waals surface area contributed by atoms with E-state index >= 15 is 0 Å². The van der Waals surface area contributed by atoms with Crippen LogP contribution in [0.5, 0.6) is 0 Å². The average Bonchev–Trinajstić information content (AvgIpc) is 2.71. The van der Waals surface area contributed by atoms with Gasteiger partial charge in [0.15, 0.2) is 0 Å². The van der Waals surface area contributed by atoms with Crippen LogP contribution in [0.15, 0.2) is 16.7 Å². The Morgan fingerprint density at radius 2 is 2.25 bits per heavy atom. The van der Waals surface area contributed by atoms with Gasteiger partial charge in [0.25, 0.3) is 0 Å². The zero-order valence-electron chi connectivity index (χ0n) is 7.63. The van der Waals surface area contributed by atoms with E-state index in [4.69, 9.17) is 10.2 Å². The van der Waals surface area contributed by atoms with E-state index in [-0.39, 0.29) is 11.5 Å². The number of nitrogens with two attached hydrogens (primary N) is 1. The third-order valence-electron chi connectivity index (χ3n) is 3.06. The number of aryl methyl sites for hydroxylation is 1.